The number of hydrogen-bond donors (Lipinski definition) is 2. The van der Waals surface area contributed by atoms with Crippen LogP contribution in [-0.2, 0) is 4.74 Å². The minimum Gasteiger partial charge on any atom is -0.386 e. The van der Waals surface area contributed by atoms with Gasteiger partial charge in [-0.3, -0.25) is 0 Å². The highest BCUT2D eigenvalue weighted by Gasteiger charge is 2.49. The van der Waals surface area contributed by atoms with Crippen LogP contribution in [0.1, 0.15) is 12.8 Å². The van der Waals surface area contributed by atoms with E-state index in [1.165, 1.54) is 0 Å². The molecule has 2 heterocycles. The van der Waals surface area contributed by atoms with Gasteiger partial charge in [-0.15, -0.1) is 12.4 Å². The fourth-order valence-electron chi connectivity index (χ4n) is 1.75. The van der Waals surface area contributed by atoms with Crippen LogP contribution in [0.2, 0.25) is 0 Å². The lowest BCUT2D eigenvalue weighted by Gasteiger charge is -2.51. The first-order valence-electron chi connectivity index (χ1n) is 3.79. The summed E-state index contributed by atoms with van der Waals surface area (Å²) in [6.07, 6.45) is 2.44. The Morgan fingerprint density at radius 2 is 2.18 bits per heavy atom. The fraction of sp³-hybridized carbons (Fsp3) is 1.00. The van der Waals surface area contributed by atoms with Gasteiger partial charge in [0.15, 0.2) is 0 Å². The van der Waals surface area contributed by atoms with Gasteiger partial charge in [0, 0.05) is 6.54 Å². The molecule has 0 spiro atoms. The summed E-state index contributed by atoms with van der Waals surface area (Å²) in [6.45, 7) is 0.781. The molecule has 3 fully saturated rings. The molecule has 0 radical (unpaired) electrons. The normalized spacial score (nSPS) is 47.5. The van der Waals surface area contributed by atoms with Gasteiger partial charge in [0.1, 0.15) is 5.60 Å². The average molecular weight is 180 g/mol. The van der Waals surface area contributed by atoms with Crippen LogP contribution in [0.15, 0.2) is 0 Å². The molecule has 0 amide bonds. The van der Waals surface area contributed by atoms with Crippen LogP contribution < -0.4 is 5.73 Å². The van der Waals surface area contributed by atoms with Crippen molar-refractivity contribution < 1.29 is 9.84 Å². The van der Waals surface area contributed by atoms with Crippen LogP contribution in [0.25, 0.3) is 0 Å². The molecule has 1 saturated carbocycles. The molecular formula is C7H14ClNO2. The molecule has 0 aromatic rings. The minimum atomic E-state index is -0.700. The minimum absolute atomic E-state index is 0. The van der Waals surface area contributed by atoms with Crippen molar-refractivity contribution in [1.82, 2.24) is 0 Å². The molecule has 3 N–H and O–H groups in total. The SMILES string of the molecule is Cl.NCC1(O)COC2CC1C2. The van der Waals surface area contributed by atoms with Crippen molar-refractivity contribution in [2.75, 3.05) is 13.2 Å². The Bertz CT molecular complexity index is 147. The molecule has 66 valence electrons. The maximum atomic E-state index is 9.74. The number of fused-ring (bicyclic) bond motifs is 2. The van der Waals surface area contributed by atoms with E-state index >= 15 is 0 Å². The Hall–Kier alpha value is 0.170. The van der Waals surface area contributed by atoms with Crippen molar-refractivity contribution in [1.29, 1.82) is 0 Å². The van der Waals surface area contributed by atoms with E-state index in [-0.39, 0.29) is 12.4 Å². The van der Waals surface area contributed by atoms with Gasteiger partial charge in [-0.2, -0.15) is 0 Å². The zero-order valence-electron chi connectivity index (χ0n) is 6.32. The maximum absolute atomic E-state index is 9.74. The molecule has 0 aromatic carbocycles. The van der Waals surface area contributed by atoms with Gasteiger partial charge >= 0.3 is 0 Å². The predicted octanol–water partition coefficient (Wildman–Crippen LogP) is -0.0932. The number of nitrogens with two attached hydrogens (primary N) is 1. The van der Waals surface area contributed by atoms with E-state index < -0.39 is 5.60 Å². The number of aliphatic hydroxyl groups is 1. The van der Waals surface area contributed by atoms with Crippen molar-refractivity contribution in [2.24, 2.45) is 11.7 Å². The molecule has 1 unspecified atom stereocenters. The van der Waals surface area contributed by atoms with Gasteiger partial charge in [0.25, 0.3) is 0 Å². The van der Waals surface area contributed by atoms with Gasteiger partial charge < -0.3 is 15.6 Å². The Morgan fingerprint density at radius 3 is 2.45 bits per heavy atom. The number of ether oxygens (including phenoxy) is 1. The molecule has 1 atom stereocenters. The molecule has 1 aliphatic carbocycles. The van der Waals surface area contributed by atoms with Crippen molar-refractivity contribution in [2.45, 2.75) is 24.5 Å². The summed E-state index contributed by atoms with van der Waals surface area (Å²) in [5, 5.41) is 9.74. The lowest BCUT2D eigenvalue weighted by molar-refractivity contribution is -0.212. The summed E-state index contributed by atoms with van der Waals surface area (Å²) < 4.78 is 5.32. The van der Waals surface area contributed by atoms with E-state index in [1.807, 2.05) is 0 Å². The first kappa shape index (κ1) is 9.26. The van der Waals surface area contributed by atoms with Gasteiger partial charge in [-0.05, 0) is 18.8 Å². The van der Waals surface area contributed by atoms with E-state index in [4.69, 9.17) is 10.5 Å². The van der Waals surface area contributed by atoms with Crippen LogP contribution in [0.3, 0.4) is 0 Å². The third-order valence-electron chi connectivity index (χ3n) is 2.78. The van der Waals surface area contributed by atoms with E-state index in [9.17, 15) is 5.11 Å². The first-order chi connectivity index (χ1) is 4.74. The lowest BCUT2D eigenvalue weighted by atomic mass is 9.69. The Kier molecular flexibility index (Phi) is 2.44. The second-order valence-electron chi connectivity index (χ2n) is 3.41. The van der Waals surface area contributed by atoms with Crippen LogP contribution >= 0.6 is 12.4 Å². The van der Waals surface area contributed by atoms with Crippen molar-refractivity contribution in [3.05, 3.63) is 0 Å². The number of rotatable bonds is 1. The quantitative estimate of drug-likeness (QED) is 0.592. The Labute approximate surface area is 72.3 Å². The van der Waals surface area contributed by atoms with Gasteiger partial charge in [0.05, 0.1) is 12.7 Å². The molecule has 3 aliphatic rings. The van der Waals surface area contributed by atoms with E-state index in [1.54, 1.807) is 0 Å². The predicted molar refractivity (Wildman–Crippen MR) is 43.7 cm³/mol. The third-order valence-corrected chi connectivity index (χ3v) is 2.78. The highest BCUT2D eigenvalue weighted by Crippen LogP contribution is 2.43. The fourth-order valence-corrected chi connectivity index (χ4v) is 1.75. The average Bonchev–Trinajstić information content (AvgIpc) is 1.86. The molecular weight excluding hydrogens is 166 g/mol. The Morgan fingerprint density at radius 1 is 1.55 bits per heavy atom. The van der Waals surface area contributed by atoms with Crippen molar-refractivity contribution in [3.8, 4) is 0 Å². The molecule has 4 heteroatoms. The second kappa shape index (κ2) is 2.90. The summed E-state index contributed by atoms with van der Waals surface area (Å²) in [5.74, 6) is 0.413. The topological polar surface area (TPSA) is 55.5 Å². The highest BCUT2D eigenvalue weighted by molar-refractivity contribution is 5.85. The number of halogens is 1. The third kappa shape index (κ3) is 1.26. The number of hydrogen-bond acceptors (Lipinski definition) is 3. The largest absolute Gasteiger partial charge is 0.386 e. The van der Waals surface area contributed by atoms with Crippen LogP contribution in [-0.4, -0.2) is 30.0 Å². The smallest absolute Gasteiger partial charge is 0.103 e. The molecule has 11 heavy (non-hydrogen) atoms. The van der Waals surface area contributed by atoms with E-state index in [0.717, 1.165) is 12.8 Å². The second-order valence-corrected chi connectivity index (χ2v) is 3.41. The first-order valence-corrected chi connectivity index (χ1v) is 3.79. The molecule has 3 nitrogen and oxygen atoms in total. The Balaban J connectivity index is 0.000000605. The standard InChI is InChI=1S/C7H13NO2.ClH/c8-3-7(9)4-10-6-1-5(7)2-6;/h5-6,9H,1-4,8H2;1H. The zero-order valence-corrected chi connectivity index (χ0v) is 7.14. The molecule has 2 bridgehead atoms. The van der Waals surface area contributed by atoms with Crippen LogP contribution in [0.4, 0.5) is 0 Å². The highest BCUT2D eigenvalue weighted by atomic mass is 35.5. The van der Waals surface area contributed by atoms with Gasteiger partial charge in [-0.25, -0.2) is 0 Å². The van der Waals surface area contributed by atoms with Crippen LogP contribution in [0.5, 0.6) is 0 Å². The summed E-state index contributed by atoms with van der Waals surface area (Å²) >= 11 is 0. The molecule has 2 aliphatic heterocycles. The molecule has 2 saturated heterocycles. The van der Waals surface area contributed by atoms with E-state index in [0.29, 0.717) is 25.2 Å². The zero-order chi connectivity index (χ0) is 7.19. The van der Waals surface area contributed by atoms with Crippen molar-refractivity contribution >= 4 is 12.4 Å². The van der Waals surface area contributed by atoms with E-state index in [2.05, 4.69) is 0 Å². The summed E-state index contributed by atoms with van der Waals surface area (Å²) in [5.41, 5.74) is 4.72. The van der Waals surface area contributed by atoms with Gasteiger partial charge in [0.2, 0.25) is 0 Å². The van der Waals surface area contributed by atoms with Crippen LogP contribution in [0, 0.1) is 5.92 Å². The van der Waals surface area contributed by atoms with Gasteiger partial charge in [-0.1, -0.05) is 0 Å². The van der Waals surface area contributed by atoms with Crippen molar-refractivity contribution in [3.63, 3.8) is 0 Å². The summed E-state index contributed by atoms with van der Waals surface area (Å²) in [7, 11) is 0. The summed E-state index contributed by atoms with van der Waals surface area (Å²) in [6, 6.07) is 0. The summed E-state index contributed by atoms with van der Waals surface area (Å²) in [4.78, 5) is 0. The molecule has 3 rings (SSSR count). The maximum Gasteiger partial charge on any atom is 0.103 e. The molecule has 0 aromatic heterocycles. The monoisotopic (exact) mass is 179 g/mol. The lowest BCUT2D eigenvalue weighted by Crippen LogP contribution is -2.60.